The molecule has 0 amide bonds. The van der Waals surface area contributed by atoms with E-state index in [4.69, 9.17) is 5.84 Å². The van der Waals surface area contributed by atoms with Gasteiger partial charge in [-0.3, -0.25) is 10.1 Å². The molecule has 0 saturated heterocycles. The lowest BCUT2D eigenvalue weighted by Crippen LogP contribution is -2.15. The number of nitrogen functional groups attached to an aromatic ring is 1. The summed E-state index contributed by atoms with van der Waals surface area (Å²) >= 11 is 0. The van der Waals surface area contributed by atoms with Crippen LogP contribution in [0.1, 0.15) is 20.3 Å². The van der Waals surface area contributed by atoms with Crippen molar-refractivity contribution in [2.75, 3.05) is 10.7 Å². The Balaban J connectivity index is 2.30. The highest BCUT2D eigenvalue weighted by molar-refractivity contribution is 5.69. The molecule has 1 aliphatic rings. The number of nitrogens with zero attached hydrogens (tertiary/aromatic N) is 3. The first-order valence-corrected chi connectivity index (χ1v) is 5.18. The third kappa shape index (κ3) is 2.11. The lowest BCUT2D eigenvalue weighted by atomic mass is 10.2. The van der Waals surface area contributed by atoms with Gasteiger partial charge < -0.3 is 10.7 Å². The largest absolute Gasteiger partial charge is 0.361 e. The van der Waals surface area contributed by atoms with Crippen LogP contribution in [0.15, 0.2) is 6.33 Å². The molecule has 2 rings (SSSR count). The number of hydrazine groups is 1. The van der Waals surface area contributed by atoms with E-state index in [9.17, 15) is 10.1 Å². The summed E-state index contributed by atoms with van der Waals surface area (Å²) in [4.78, 5) is 18.0. The van der Waals surface area contributed by atoms with Crippen LogP contribution in [-0.4, -0.2) is 20.9 Å². The molecule has 0 aromatic carbocycles. The molecule has 92 valence electrons. The van der Waals surface area contributed by atoms with E-state index >= 15 is 0 Å². The molecule has 8 nitrogen and oxygen atoms in total. The van der Waals surface area contributed by atoms with Gasteiger partial charge in [-0.05, 0) is 11.8 Å². The fraction of sp³-hybridized carbons (Fsp3) is 0.556. The van der Waals surface area contributed by atoms with Crippen molar-refractivity contribution in [2.24, 2.45) is 11.3 Å². The van der Waals surface area contributed by atoms with Crippen LogP contribution in [0, 0.1) is 15.5 Å². The fourth-order valence-electron chi connectivity index (χ4n) is 1.64. The van der Waals surface area contributed by atoms with Gasteiger partial charge in [-0.25, -0.2) is 15.8 Å². The van der Waals surface area contributed by atoms with Gasteiger partial charge in [0.25, 0.3) is 0 Å². The molecule has 1 saturated carbocycles. The molecule has 1 unspecified atom stereocenters. The standard InChI is InChI=1S/C9H14N6O2/c1-9(2)3-5(9)13-7-6(15(16)17)8(14-10)12-4-11-7/h4-5H,3,10H2,1-2H3,(H2,11,12,13,14). The van der Waals surface area contributed by atoms with Crippen LogP contribution >= 0.6 is 0 Å². The summed E-state index contributed by atoms with van der Waals surface area (Å²) in [5.74, 6) is 5.39. The Morgan fingerprint density at radius 1 is 1.53 bits per heavy atom. The van der Waals surface area contributed by atoms with Crippen molar-refractivity contribution in [1.82, 2.24) is 9.97 Å². The summed E-state index contributed by atoms with van der Waals surface area (Å²) in [6, 6.07) is 0.196. The highest BCUT2D eigenvalue weighted by atomic mass is 16.6. The van der Waals surface area contributed by atoms with Gasteiger partial charge in [0, 0.05) is 6.04 Å². The van der Waals surface area contributed by atoms with E-state index in [-0.39, 0.29) is 28.8 Å². The summed E-state index contributed by atoms with van der Waals surface area (Å²) in [6.45, 7) is 4.17. The zero-order valence-corrected chi connectivity index (χ0v) is 9.60. The van der Waals surface area contributed by atoms with Crippen LogP contribution in [0.2, 0.25) is 0 Å². The van der Waals surface area contributed by atoms with Crippen molar-refractivity contribution in [3.63, 3.8) is 0 Å². The SMILES string of the molecule is CC1(C)CC1Nc1ncnc(NN)c1[N+](=O)[O-]. The zero-order valence-electron chi connectivity index (χ0n) is 9.60. The average molecular weight is 238 g/mol. The van der Waals surface area contributed by atoms with Crippen molar-refractivity contribution in [3.05, 3.63) is 16.4 Å². The minimum atomic E-state index is -0.549. The summed E-state index contributed by atoms with van der Waals surface area (Å²) in [7, 11) is 0. The molecular formula is C9H14N6O2. The lowest BCUT2D eigenvalue weighted by molar-refractivity contribution is -0.383. The van der Waals surface area contributed by atoms with Gasteiger partial charge in [0.05, 0.1) is 4.92 Å². The van der Waals surface area contributed by atoms with Gasteiger partial charge in [0.2, 0.25) is 11.6 Å². The van der Waals surface area contributed by atoms with E-state index in [0.717, 1.165) is 6.42 Å². The number of nitro groups is 1. The van der Waals surface area contributed by atoms with Crippen molar-refractivity contribution in [3.8, 4) is 0 Å². The minimum Gasteiger partial charge on any atom is -0.361 e. The third-order valence-corrected chi connectivity index (χ3v) is 2.97. The van der Waals surface area contributed by atoms with Crippen LogP contribution in [0.25, 0.3) is 0 Å². The Morgan fingerprint density at radius 2 is 2.12 bits per heavy atom. The van der Waals surface area contributed by atoms with Crippen molar-refractivity contribution in [1.29, 1.82) is 0 Å². The average Bonchev–Trinajstić information content (AvgIpc) is 2.85. The van der Waals surface area contributed by atoms with Gasteiger partial charge in [-0.1, -0.05) is 13.8 Å². The van der Waals surface area contributed by atoms with E-state index in [2.05, 4.69) is 34.6 Å². The highest BCUT2D eigenvalue weighted by Crippen LogP contribution is 2.47. The smallest absolute Gasteiger partial charge is 0.354 e. The summed E-state index contributed by atoms with van der Waals surface area (Å²) in [6.07, 6.45) is 2.19. The monoisotopic (exact) mass is 238 g/mol. The van der Waals surface area contributed by atoms with Gasteiger partial charge >= 0.3 is 5.69 Å². The van der Waals surface area contributed by atoms with Gasteiger partial charge in [0.1, 0.15) is 6.33 Å². The molecule has 0 spiro atoms. The quantitative estimate of drug-likeness (QED) is 0.404. The summed E-state index contributed by atoms with van der Waals surface area (Å²) < 4.78 is 0. The van der Waals surface area contributed by atoms with Crippen LogP contribution in [0.3, 0.4) is 0 Å². The van der Waals surface area contributed by atoms with E-state index in [1.165, 1.54) is 6.33 Å². The first-order valence-electron chi connectivity index (χ1n) is 5.18. The molecule has 1 heterocycles. The summed E-state index contributed by atoms with van der Waals surface area (Å²) in [5.41, 5.74) is 2.12. The van der Waals surface area contributed by atoms with Crippen molar-refractivity contribution < 1.29 is 4.92 Å². The second-order valence-electron chi connectivity index (χ2n) is 4.71. The lowest BCUT2D eigenvalue weighted by Gasteiger charge is -2.09. The van der Waals surface area contributed by atoms with E-state index in [1.54, 1.807) is 0 Å². The third-order valence-electron chi connectivity index (χ3n) is 2.97. The van der Waals surface area contributed by atoms with Crippen LogP contribution in [-0.2, 0) is 0 Å². The number of anilines is 2. The molecule has 0 bridgehead atoms. The Labute approximate surface area is 97.8 Å². The first-order chi connectivity index (χ1) is 7.95. The normalized spacial score (nSPS) is 20.8. The first kappa shape index (κ1) is 11.5. The molecule has 1 aliphatic carbocycles. The molecule has 1 fully saturated rings. The number of rotatable bonds is 4. The van der Waals surface area contributed by atoms with Crippen LogP contribution in [0.4, 0.5) is 17.3 Å². The van der Waals surface area contributed by atoms with Crippen LogP contribution in [0.5, 0.6) is 0 Å². The second-order valence-corrected chi connectivity index (χ2v) is 4.71. The number of hydrogen-bond donors (Lipinski definition) is 3. The second kappa shape index (κ2) is 3.81. The number of nitrogens with one attached hydrogen (secondary N) is 2. The molecule has 4 N–H and O–H groups in total. The predicted octanol–water partition coefficient (Wildman–Crippen LogP) is 0.881. The van der Waals surface area contributed by atoms with Crippen LogP contribution < -0.4 is 16.6 Å². The predicted molar refractivity (Wildman–Crippen MR) is 62.3 cm³/mol. The van der Waals surface area contributed by atoms with E-state index in [1.807, 2.05) is 0 Å². The van der Waals surface area contributed by atoms with E-state index < -0.39 is 4.92 Å². The van der Waals surface area contributed by atoms with Crippen molar-refractivity contribution in [2.45, 2.75) is 26.3 Å². The maximum absolute atomic E-state index is 11.0. The molecule has 1 aromatic rings. The molecule has 0 aliphatic heterocycles. The Bertz CT molecular complexity index is 461. The van der Waals surface area contributed by atoms with Gasteiger partial charge in [-0.15, -0.1) is 0 Å². The highest BCUT2D eigenvalue weighted by Gasteiger charge is 2.46. The van der Waals surface area contributed by atoms with Gasteiger partial charge in [-0.2, -0.15) is 0 Å². The molecule has 8 heteroatoms. The molecule has 0 radical (unpaired) electrons. The Morgan fingerprint density at radius 3 is 2.59 bits per heavy atom. The van der Waals surface area contributed by atoms with Crippen molar-refractivity contribution >= 4 is 17.3 Å². The maximum atomic E-state index is 11.0. The molecule has 1 aromatic heterocycles. The topological polar surface area (TPSA) is 119 Å². The van der Waals surface area contributed by atoms with E-state index in [0.29, 0.717) is 0 Å². The molecular weight excluding hydrogens is 224 g/mol. The Kier molecular flexibility index (Phi) is 2.58. The number of aromatic nitrogens is 2. The Hall–Kier alpha value is -1.96. The number of hydrogen-bond acceptors (Lipinski definition) is 7. The summed E-state index contributed by atoms with van der Waals surface area (Å²) in [5, 5.41) is 14.0. The zero-order chi connectivity index (χ0) is 12.6. The maximum Gasteiger partial charge on any atom is 0.354 e. The minimum absolute atomic E-state index is 0.00551. The molecule has 1 atom stereocenters. The fourth-order valence-corrected chi connectivity index (χ4v) is 1.64. The number of nitrogens with two attached hydrogens (primary N) is 1. The molecule has 17 heavy (non-hydrogen) atoms. The van der Waals surface area contributed by atoms with Gasteiger partial charge in [0.15, 0.2) is 0 Å².